The van der Waals surface area contributed by atoms with Gasteiger partial charge in [-0.25, -0.2) is 0 Å². The molecule has 4 aromatic rings. The molecule has 0 saturated heterocycles. The highest BCUT2D eigenvalue weighted by molar-refractivity contribution is 5.93. The average molecular weight is 364 g/mol. The SMILES string of the molecule is C=C(CC)Nc1c(C)cccc1-c1ccc2cc(-c3ccccc3)ccc2c1. The molecule has 138 valence electrons. The van der Waals surface area contributed by atoms with E-state index in [1.54, 1.807) is 0 Å². The molecule has 0 aromatic heterocycles. The van der Waals surface area contributed by atoms with Crippen LogP contribution in [0.25, 0.3) is 33.0 Å². The van der Waals surface area contributed by atoms with Crippen molar-refractivity contribution in [3.63, 3.8) is 0 Å². The number of para-hydroxylation sites is 1. The molecule has 0 unspecified atom stereocenters. The minimum absolute atomic E-state index is 0.910. The number of hydrogen-bond donors (Lipinski definition) is 1. The molecule has 28 heavy (non-hydrogen) atoms. The largest absolute Gasteiger partial charge is 0.359 e. The van der Waals surface area contributed by atoms with E-state index in [2.05, 4.69) is 111 Å². The van der Waals surface area contributed by atoms with Gasteiger partial charge in [-0.05, 0) is 58.5 Å². The van der Waals surface area contributed by atoms with Gasteiger partial charge in [0.25, 0.3) is 0 Å². The van der Waals surface area contributed by atoms with Crippen LogP contribution in [0.2, 0.25) is 0 Å². The molecule has 0 aliphatic carbocycles. The number of hydrogen-bond acceptors (Lipinski definition) is 1. The molecular weight excluding hydrogens is 338 g/mol. The van der Waals surface area contributed by atoms with E-state index in [0.29, 0.717) is 0 Å². The second-order valence-corrected chi connectivity index (χ2v) is 7.22. The lowest BCUT2D eigenvalue weighted by Crippen LogP contribution is -2.00. The van der Waals surface area contributed by atoms with Gasteiger partial charge in [0.1, 0.15) is 0 Å². The Labute approximate surface area is 167 Å². The number of benzene rings is 4. The fourth-order valence-corrected chi connectivity index (χ4v) is 3.56. The molecule has 1 N–H and O–H groups in total. The van der Waals surface area contributed by atoms with E-state index in [-0.39, 0.29) is 0 Å². The van der Waals surface area contributed by atoms with Gasteiger partial charge in [0, 0.05) is 16.9 Å². The fraction of sp³-hybridized carbons (Fsp3) is 0.111. The molecule has 0 aliphatic heterocycles. The van der Waals surface area contributed by atoms with E-state index in [9.17, 15) is 0 Å². The molecule has 0 aliphatic rings. The Morgan fingerprint density at radius 1 is 0.750 bits per heavy atom. The predicted molar refractivity (Wildman–Crippen MR) is 123 cm³/mol. The molecule has 0 atom stereocenters. The normalized spacial score (nSPS) is 10.8. The van der Waals surface area contributed by atoms with Crippen molar-refractivity contribution in [1.29, 1.82) is 0 Å². The van der Waals surface area contributed by atoms with Crippen LogP contribution in [0.4, 0.5) is 5.69 Å². The van der Waals surface area contributed by atoms with Gasteiger partial charge in [-0.2, -0.15) is 0 Å². The highest BCUT2D eigenvalue weighted by Gasteiger charge is 2.09. The summed E-state index contributed by atoms with van der Waals surface area (Å²) < 4.78 is 0. The number of aryl methyl sites for hydroxylation is 1. The Bertz CT molecular complexity index is 1140. The third-order valence-corrected chi connectivity index (χ3v) is 5.26. The van der Waals surface area contributed by atoms with Crippen molar-refractivity contribution >= 4 is 16.5 Å². The van der Waals surface area contributed by atoms with Crippen molar-refractivity contribution < 1.29 is 0 Å². The Balaban J connectivity index is 1.77. The first-order chi connectivity index (χ1) is 13.7. The van der Waals surface area contributed by atoms with Crippen molar-refractivity contribution in [3.8, 4) is 22.3 Å². The fourth-order valence-electron chi connectivity index (χ4n) is 3.56. The summed E-state index contributed by atoms with van der Waals surface area (Å²) in [4.78, 5) is 0. The molecule has 0 spiro atoms. The standard InChI is InChI=1S/C27H25N/c1-4-20(3)28-27-19(2)9-8-12-26(27)25-16-15-23-17-22(13-14-24(23)18-25)21-10-6-5-7-11-21/h5-18,28H,3-4H2,1-2H3. The molecule has 0 heterocycles. The van der Waals surface area contributed by atoms with E-state index in [1.807, 2.05) is 0 Å². The maximum Gasteiger partial charge on any atom is 0.0491 e. The summed E-state index contributed by atoms with van der Waals surface area (Å²) in [5.74, 6) is 0. The minimum Gasteiger partial charge on any atom is -0.359 e. The molecule has 1 heteroatoms. The first kappa shape index (κ1) is 18.1. The summed E-state index contributed by atoms with van der Waals surface area (Å²) in [7, 11) is 0. The summed E-state index contributed by atoms with van der Waals surface area (Å²) >= 11 is 0. The monoisotopic (exact) mass is 363 g/mol. The van der Waals surface area contributed by atoms with Crippen molar-refractivity contribution in [2.75, 3.05) is 5.32 Å². The van der Waals surface area contributed by atoms with E-state index in [4.69, 9.17) is 0 Å². The van der Waals surface area contributed by atoms with Crippen molar-refractivity contribution in [2.24, 2.45) is 0 Å². The summed E-state index contributed by atoms with van der Waals surface area (Å²) in [6, 6.07) is 30.4. The zero-order valence-electron chi connectivity index (χ0n) is 16.5. The Hall–Kier alpha value is -3.32. The predicted octanol–water partition coefficient (Wildman–Crippen LogP) is 7.82. The molecular formula is C27H25N. The number of rotatable bonds is 5. The van der Waals surface area contributed by atoms with Crippen LogP contribution in [0, 0.1) is 6.92 Å². The zero-order chi connectivity index (χ0) is 19.5. The van der Waals surface area contributed by atoms with Crippen LogP contribution in [0.1, 0.15) is 18.9 Å². The lowest BCUT2D eigenvalue weighted by Gasteiger charge is -2.16. The Kier molecular flexibility index (Phi) is 4.99. The van der Waals surface area contributed by atoms with Crippen LogP contribution in [-0.2, 0) is 0 Å². The Morgan fingerprint density at radius 3 is 2.14 bits per heavy atom. The molecule has 0 bridgehead atoms. The van der Waals surface area contributed by atoms with Gasteiger partial charge in [-0.1, -0.05) is 86.3 Å². The average Bonchev–Trinajstić information content (AvgIpc) is 2.75. The third kappa shape index (κ3) is 3.57. The van der Waals surface area contributed by atoms with Gasteiger partial charge < -0.3 is 5.32 Å². The van der Waals surface area contributed by atoms with E-state index in [1.165, 1.54) is 38.6 Å². The van der Waals surface area contributed by atoms with Crippen molar-refractivity contribution in [3.05, 3.63) is 103 Å². The summed E-state index contributed by atoms with van der Waals surface area (Å²) in [6.45, 7) is 8.38. The molecule has 0 fully saturated rings. The van der Waals surface area contributed by atoms with Crippen LogP contribution in [0.3, 0.4) is 0 Å². The number of fused-ring (bicyclic) bond motifs is 1. The zero-order valence-corrected chi connectivity index (χ0v) is 16.5. The topological polar surface area (TPSA) is 12.0 Å². The van der Waals surface area contributed by atoms with E-state index >= 15 is 0 Å². The molecule has 4 rings (SSSR count). The molecule has 0 saturated carbocycles. The van der Waals surface area contributed by atoms with Gasteiger partial charge in [0.05, 0.1) is 0 Å². The lowest BCUT2D eigenvalue weighted by molar-refractivity contribution is 1.11. The summed E-state index contributed by atoms with van der Waals surface area (Å²) in [6.07, 6.45) is 0.910. The molecule has 1 nitrogen and oxygen atoms in total. The quantitative estimate of drug-likeness (QED) is 0.381. The minimum atomic E-state index is 0.910. The van der Waals surface area contributed by atoms with Gasteiger partial charge in [0.2, 0.25) is 0 Å². The maximum absolute atomic E-state index is 4.12. The number of allylic oxidation sites excluding steroid dienone is 1. The van der Waals surface area contributed by atoms with Crippen LogP contribution in [0.5, 0.6) is 0 Å². The van der Waals surface area contributed by atoms with E-state index < -0.39 is 0 Å². The van der Waals surface area contributed by atoms with Gasteiger partial charge in [0.15, 0.2) is 0 Å². The van der Waals surface area contributed by atoms with Gasteiger partial charge in [-0.15, -0.1) is 0 Å². The van der Waals surface area contributed by atoms with Crippen LogP contribution >= 0.6 is 0 Å². The highest BCUT2D eigenvalue weighted by Crippen LogP contribution is 2.34. The van der Waals surface area contributed by atoms with Crippen LogP contribution < -0.4 is 5.32 Å². The molecule has 0 amide bonds. The molecule has 4 aromatic carbocycles. The van der Waals surface area contributed by atoms with Crippen molar-refractivity contribution in [1.82, 2.24) is 0 Å². The number of anilines is 1. The van der Waals surface area contributed by atoms with Crippen LogP contribution in [-0.4, -0.2) is 0 Å². The Morgan fingerprint density at radius 2 is 1.43 bits per heavy atom. The van der Waals surface area contributed by atoms with Gasteiger partial charge >= 0.3 is 0 Å². The number of nitrogens with one attached hydrogen (secondary N) is 1. The second kappa shape index (κ2) is 7.74. The van der Waals surface area contributed by atoms with E-state index in [0.717, 1.165) is 17.8 Å². The van der Waals surface area contributed by atoms with Crippen LogP contribution in [0.15, 0.2) is 97.2 Å². The summed E-state index contributed by atoms with van der Waals surface area (Å²) in [5, 5.41) is 6.02. The molecule has 0 radical (unpaired) electrons. The first-order valence-electron chi connectivity index (χ1n) is 9.79. The third-order valence-electron chi connectivity index (χ3n) is 5.26. The second-order valence-electron chi connectivity index (χ2n) is 7.22. The first-order valence-corrected chi connectivity index (χ1v) is 9.79. The van der Waals surface area contributed by atoms with Gasteiger partial charge in [-0.3, -0.25) is 0 Å². The summed E-state index contributed by atoms with van der Waals surface area (Å²) in [5.41, 5.74) is 8.33. The maximum atomic E-state index is 4.12. The van der Waals surface area contributed by atoms with Crippen molar-refractivity contribution in [2.45, 2.75) is 20.3 Å². The lowest BCUT2D eigenvalue weighted by atomic mass is 9.96. The smallest absolute Gasteiger partial charge is 0.0491 e. The highest BCUT2D eigenvalue weighted by atomic mass is 14.9.